The van der Waals surface area contributed by atoms with Gasteiger partial charge in [0, 0.05) is 12.1 Å². The van der Waals surface area contributed by atoms with Crippen molar-refractivity contribution in [1.29, 1.82) is 0 Å². The fourth-order valence-electron chi connectivity index (χ4n) is 2.02. The van der Waals surface area contributed by atoms with Gasteiger partial charge in [-0.3, -0.25) is 14.5 Å². The van der Waals surface area contributed by atoms with Gasteiger partial charge in [0.2, 0.25) is 11.8 Å². The van der Waals surface area contributed by atoms with Gasteiger partial charge < -0.3 is 10.5 Å². The van der Waals surface area contributed by atoms with E-state index in [0.717, 1.165) is 0 Å². The summed E-state index contributed by atoms with van der Waals surface area (Å²) in [6.07, 6.45) is 0.847. The maximum Gasteiger partial charge on any atom is 0.240 e. The van der Waals surface area contributed by atoms with Gasteiger partial charge in [0.05, 0.1) is 7.11 Å². The highest BCUT2D eigenvalue weighted by molar-refractivity contribution is 6.03. The largest absolute Gasteiger partial charge is 0.497 e. The Morgan fingerprint density at radius 2 is 2.06 bits per heavy atom. The van der Waals surface area contributed by atoms with Gasteiger partial charge in [-0.15, -0.1) is 0 Å². The third-order valence-corrected chi connectivity index (χ3v) is 2.89. The first-order valence-electron chi connectivity index (χ1n) is 5.39. The lowest BCUT2D eigenvalue weighted by molar-refractivity contribution is -0.121. The van der Waals surface area contributed by atoms with Gasteiger partial charge in [0.15, 0.2) is 0 Å². The van der Waals surface area contributed by atoms with Crippen LogP contribution >= 0.6 is 0 Å². The summed E-state index contributed by atoms with van der Waals surface area (Å²) in [5, 5.41) is 0. The molecule has 1 saturated heterocycles. The fraction of sp³-hybridized carbons (Fsp3) is 0.333. The summed E-state index contributed by atoms with van der Waals surface area (Å²) in [7, 11) is 1.57. The number of primary amides is 1. The zero-order valence-electron chi connectivity index (χ0n) is 9.55. The monoisotopic (exact) mass is 234 g/mol. The van der Waals surface area contributed by atoms with Crippen molar-refractivity contribution in [3.05, 3.63) is 24.3 Å². The van der Waals surface area contributed by atoms with E-state index in [1.54, 1.807) is 31.4 Å². The average molecular weight is 234 g/mol. The standard InChI is InChI=1S/C12H14N2O3/c1-17-9-4-2-8(3-5-9)14-10(12(13)16)6-7-11(14)15/h2-5,10H,6-7H2,1H3,(H2,13,16). The predicted octanol–water partition coefficient (Wildman–Crippen LogP) is 0.676. The van der Waals surface area contributed by atoms with Gasteiger partial charge in [0.1, 0.15) is 11.8 Å². The van der Waals surface area contributed by atoms with Gasteiger partial charge >= 0.3 is 0 Å². The van der Waals surface area contributed by atoms with Crippen molar-refractivity contribution < 1.29 is 14.3 Å². The number of nitrogens with two attached hydrogens (primary N) is 1. The SMILES string of the molecule is COc1ccc(N2C(=O)CCC2C(N)=O)cc1. The highest BCUT2D eigenvalue weighted by atomic mass is 16.5. The van der Waals surface area contributed by atoms with Crippen LogP contribution in [-0.4, -0.2) is 25.0 Å². The summed E-state index contributed by atoms with van der Waals surface area (Å²) < 4.78 is 5.04. The van der Waals surface area contributed by atoms with Gasteiger partial charge in [-0.25, -0.2) is 0 Å². The first-order valence-corrected chi connectivity index (χ1v) is 5.39. The van der Waals surface area contributed by atoms with Crippen molar-refractivity contribution >= 4 is 17.5 Å². The second-order valence-electron chi connectivity index (χ2n) is 3.92. The number of rotatable bonds is 3. The van der Waals surface area contributed by atoms with Gasteiger partial charge in [-0.2, -0.15) is 0 Å². The number of hydrogen-bond donors (Lipinski definition) is 1. The van der Waals surface area contributed by atoms with Gasteiger partial charge in [-0.1, -0.05) is 0 Å². The second kappa shape index (κ2) is 4.45. The zero-order chi connectivity index (χ0) is 12.4. The molecule has 1 aliphatic heterocycles. The van der Waals surface area contributed by atoms with E-state index in [9.17, 15) is 9.59 Å². The van der Waals surface area contributed by atoms with Gasteiger partial charge in [0.25, 0.3) is 0 Å². The third kappa shape index (κ3) is 2.08. The molecule has 0 bridgehead atoms. The minimum atomic E-state index is -0.532. The van der Waals surface area contributed by atoms with E-state index in [0.29, 0.717) is 24.3 Å². The second-order valence-corrected chi connectivity index (χ2v) is 3.92. The zero-order valence-corrected chi connectivity index (χ0v) is 9.55. The van der Waals surface area contributed by atoms with E-state index in [1.165, 1.54) is 4.90 Å². The Bertz CT molecular complexity index is 442. The molecule has 1 aliphatic rings. The van der Waals surface area contributed by atoms with Crippen molar-refractivity contribution in [3.8, 4) is 5.75 Å². The smallest absolute Gasteiger partial charge is 0.240 e. The Morgan fingerprint density at radius 1 is 1.41 bits per heavy atom. The minimum Gasteiger partial charge on any atom is -0.497 e. The summed E-state index contributed by atoms with van der Waals surface area (Å²) in [6, 6.07) is 6.46. The molecule has 2 rings (SSSR count). The fourth-order valence-corrected chi connectivity index (χ4v) is 2.02. The molecule has 1 fully saturated rings. The highest BCUT2D eigenvalue weighted by Gasteiger charge is 2.35. The van der Waals surface area contributed by atoms with Crippen molar-refractivity contribution in [3.63, 3.8) is 0 Å². The molecule has 5 heteroatoms. The van der Waals surface area contributed by atoms with E-state index in [1.807, 2.05) is 0 Å². The van der Waals surface area contributed by atoms with Crippen molar-refractivity contribution in [2.75, 3.05) is 12.0 Å². The number of carbonyl (C=O) groups is 2. The average Bonchev–Trinajstić information content (AvgIpc) is 2.71. The highest BCUT2D eigenvalue weighted by Crippen LogP contribution is 2.27. The lowest BCUT2D eigenvalue weighted by Gasteiger charge is -2.22. The van der Waals surface area contributed by atoms with Crippen LogP contribution in [0, 0.1) is 0 Å². The summed E-state index contributed by atoms with van der Waals surface area (Å²) >= 11 is 0. The van der Waals surface area contributed by atoms with Crippen LogP contribution in [0.3, 0.4) is 0 Å². The molecule has 5 nitrogen and oxygen atoms in total. The molecule has 0 radical (unpaired) electrons. The number of anilines is 1. The molecule has 1 aromatic carbocycles. The number of amides is 2. The lowest BCUT2D eigenvalue weighted by Crippen LogP contribution is -2.42. The topological polar surface area (TPSA) is 72.6 Å². The maximum absolute atomic E-state index is 11.7. The quantitative estimate of drug-likeness (QED) is 0.835. The first-order chi connectivity index (χ1) is 8.13. The van der Waals surface area contributed by atoms with Crippen LogP contribution in [-0.2, 0) is 9.59 Å². The molecule has 1 aromatic rings. The third-order valence-electron chi connectivity index (χ3n) is 2.89. The number of carbonyl (C=O) groups excluding carboxylic acids is 2. The number of nitrogens with zero attached hydrogens (tertiary/aromatic N) is 1. The first kappa shape index (κ1) is 11.4. The van der Waals surface area contributed by atoms with Crippen molar-refractivity contribution in [2.24, 2.45) is 5.73 Å². The molecular formula is C12H14N2O3. The van der Waals surface area contributed by atoms with E-state index in [2.05, 4.69) is 0 Å². The molecule has 0 saturated carbocycles. The van der Waals surface area contributed by atoms with Crippen LogP contribution in [0.25, 0.3) is 0 Å². The summed E-state index contributed by atoms with van der Waals surface area (Å²) in [5.41, 5.74) is 5.96. The van der Waals surface area contributed by atoms with Crippen molar-refractivity contribution in [2.45, 2.75) is 18.9 Å². The van der Waals surface area contributed by atoms with Crippen LogP contribution in [0.15, 0.2) is 24.3 Å². The number of methoxy groups -OCH3 is 1. The summed E-state index contributed by atoms with van der Waals surface area (Å²) in [5.74, 6) is 0.168. The van der Waals surface area contributed by atoms with E-state index < -0.39 is 11.9 Å². The lowest BCUT2D eigenvalue weighted by atomic mass is 10.2. The Balaban J connectivity index is 2.29. The Labute approximate surface area is 99.2 Å². The molecular weight excluding hydrogens is 220 g/mol. The predicted molar refractivity (Wildman–Crippen MR) is 62.7 cm³/mol. The van der Waals surface area contributed by atoms with Crippen LogP contribution in [0.5, 0.6) is 5.75 Å². The number of ether oxygens (including phenoxy) is 1. The van der Waals surface area contributed by atoms with E-state index >= 15 is 0 Å². The van der Waals surface area contributed by atoms with Crippen LogP contribution in [0.1, 0.15) is 12.8 Å². The van der Waals surface area contributed by atoms with Gasteiger partial charge in [-0.05, 0) is 30.7 Å². The molecule has 1 unspecified atom stereocenters. The molecule has 1 heterocycles. The Kier molecular flexibility index (Phi) is 2.99. The van der Waals surface area contributed by atoms with Crippen molar-refractivity contribution in [1.82, 2.24) is 0 Å². The minimum absolute atomic E-state index is 0.0704. The summed E-state index contributed by atoms with van der Waals surface area (Å²) in [6.45, 7) is 0. The molecule has 2 amide bonds. The molecule has 2 N–H and O–H groups in total. The van der Waals surface area contributed by atoms with Crippen LogP contribution in [0.2, 0.25) is 0 Å². The molecule has 1 atom stereocenters. The maximum atomic E-state index is 11.7. The summed E-state index contributed by atoms with van der Waals surface area (Å²) in [4.78, 5) is 24.4. The Morgan fingerprint density at radius 3 is 2.59 bits per heavy atom. The van der Waals surface area contributed by atoms with Crippen LogP contribution < -0.4 is 15.4 Å². The Hall–Kier alpha value is -2.04. The number of hydrogen-bond acceptors (Lipinski definition) is 3. The number of benzene rings is 1. The van der Waals surface area contributed by atoms with E-state index in [4.69, 9.17) is 10.5 Å². The molecule has 0 aliphatic carbocycles. The molecule has 90 valence electrons. The molecule has 0 spiro atoms. The van der Waals surface area contributed by atoms with Crippen LogP contribution in [0.4, 0.5) is 5.69 Å². The molecule has 0 aromatic heterocycles. The molecule has 17 heavy (non-hydrogen) atoms. The van der Waals surface area contributed by atoms with E-state index in [-0.39, 0.29) is 5.91 Å². The normalized spacial score (nSPS) is 19.5.